The quantitative estimate of drug-likeness (QED) is 0.321. The molecule has 0 aliphatic heterocycles. The van der Waals surface area contributed by atoms with Crippen LogP contribution in [0.15, 0.2) is 29.4 Å². The van der Waals surface area contributed by atoms with Gasteiger partial charge in [0.05, 0.1) is 0 Å². The lowest BCUT2D eigenvalue weighted by atomic mass is 10.3. The lowest BCUT2D eigenvalue weighted by molar-refractivity contribution is -0.134. The standard InChI is InChI=1S/C11H13NO4/c1-2-11(13)16-10-5-3-9(4-6-10)15-8-7-12-14/h3-6H,2,7-8H2,1H3. The summed E-state index contributed by atoms with van der Waals surface area (Å²) < 4.78 is 10.2. The van der Waals surface area contributed by atoms with Gasteiger partial charge in [0.15, 0.2) is 0 Å². The Labute approximate surface area is 93.3 Å². The van der Waals surface area contributed by atoms with Gasteiger partial charge in [-0.2, -0.15) is 4.91 Å². The maximum atomic E-state index is 11.0. The number of esters is 1. The first-order valence-corrected chi connectivity index (χ1v) is 4.99. The van der Waals surface area contributed by atoms with Crippen molar-refractivity contribution in [2.45, 2.75) is 13.3 Å². The fourth-order valence-electron chi connectivity index (χ4n) is 1.01. The Hall–Kier alpha value is -1.91. The number of ether oxygens (including phenoxy) is 2. The largest absolute Gasteiger partial charge is 0.492 e. The van der Waals surface area contributed by atoms with Gasteiger partial charge in [0.25, 0.3) is 0 Å². The number of benzene rings is 1. The highest BCUT2D eigenvalue weighted by Crippen LogP contribution is 2.17. The first-order valence-electron chi connectivity index (χ1n) is 4.99. The highest BCUT2D eigenvalue weighted by molar-refractivity contribution is 5.71. The van der Waals surface area contributed by atoms with Crippen LogP contribution < -0.4 is 9.47 Å². The highest BCUT2D eigenvalue weighted by atomic mass is 16.5. The minimum absolute atomic E-state index is 0.118. The number of carbonyl (C=O) groups excluding carboxylic acids is 1. The molecule has 16 heavy (non-hydrogen) atoms. The molecular formula is C11H13NO4. The summed E-state index contributed by atoms with van der Waals surface area (Å²) in [6.45, 7) is 2.09. The Morgan fingerprint density at radius 2 is 1.88 bits per heavy atom. The van der Waals surface area contributed by atoms with E-state index in [0.29, 0.717) is 17.9 Å². The lowest BCUT2D eigenvalue weighted by Crippen LogP contribution is -2.05. The second kappa shape index (κ2) is 6.55. The number of hydrogen-bond donors (Lipinski definition) is 0. The summed E-state index contributed by atoms with van der Waals surface area (Å²) in [7, 11) is 0. The van der Waals surface area contributed by atoms with E-state index >= 15 is 0 Å². The van der Waals surface area contributed by atoms with Crippen molar-refractivity contribution in [3.05, 3.63) is 29.2 Å². The van der Waals surface area contributed by atoms with Crippen LogP contribution in [-0.4, -0.2) is 19.1 Å². The molecule has 0 atom stereocenters. The van der Waals surface area contributed by atoms with Crippen LogP contribution >= 0.6 is 0 Å². The van der Waals surface area contributed by atoms with E-state index in [0.717, 1.165) is 0 Å². The molecule has 0 bridgehead atoms. The van der Waals surface area contributed by atoms with Crippen molar-refractivity contribution in [1.82, 2.24) is 0 Å². The molecule has 1 rings (SSSR count). The number of carbonyl (C=O) groups is 1. The van der Waals surface area contributed by atoms with Crippen LogP contribution in [0.3, 0.4) is 0 Å². The summed E-state index contributed by atoms with van der Waals surface area (Å²) in [5, 5.41) is 2.67. The maximum absolute atomic E-state index is 11.0. The summed E-state index contributed by atoms with van der Waals surface area (Å²) in [5.74, 6) is 0.812. The Bertz CT molecular complexity index is 348. The topological polar surface area (TPSA) is 65.0 Å². The zero-order valence-electron chi connectivity index (χ0n) is 9.01. The molecular weight excluding hydrogens is 210 g/mol. The van der Waals surface area contributed by atoms with Crippen LogP contribution in [0.2, 0.25) is 0 Å². The van der Waals surface area contributed by atoms with E-state index in [4.69, 9.17) is 9.47 Å². The predicted octanol–water partition coefficient (Wildman–Crippen LogP) is 2.15. The van der Waals surface area contributed by atoms with E-state index in [9.17, 15) is 9.70 Å². The van der Waals surface area contributed by atoms with Gasteiger partial charge >= 0.3 is 5.97 Å². The van der Waals surface area contributed by atoms with E-state index in [2.05, 4.69) is 5.18 Å². The predicted molar refractivity (Wildman–Crippen MR) is 58.5 cm³/mol. The Morgan fingerprint density at radius 1 is 1.25 bits per heavy atom. The van der Waals surface area contributed by atoms with E-state index < -0.39 is 0 Å². The molecule has 0 heterocycles. The third-order valence-electron chi connectivity index (χ3n) is 1.80. The maximum Gasteiger partial charge on any atom is 0.310 e. The molecule has 0 saturated carbocycles. The van der Waals surface area contributed by atoms with Crippen molar-refractivity contribution in [2.24, 2.45) is 5.18 Å². The third kappa shape index (κ3) is 4.08. The fourth-order valence-corrected chi connectivity index (χ4v) is 1.01. The summed E-state index contributed by atoms with van der Waals surface area (Å²) >= 11 is 0. The first-order chi connectivity index (χ1) is 7.76. The SMILES string of the molecule is CCC(=O)Oc1ccc(OCCN=O)cc1. The van der Waals surface area contributed by atoms with Crippen LogP contribution in [-0.2, 0) is 4.79 Å². The van der Waals surface area contributed by atoms with Crippen molar-refractivity contribution in [1.29, 1.82) is 0 Å². The Morgan fingerprint density at radius 3 is 2.44 bits per heavy atom. The van der Waals surface area contributed by atoms with Crippen molar-refractivity contribution >= 4 is 5.97 Å². The van der Waals surface area contributed by atoms with Gasteiger partial charge in [-0.25, -0.2) is 0 Å². The fraction of sp³-hybridized carbons (Fsp3) is 0.364. The van der Waals surface area contributed by atoms with Gasteiger partial charge in [-0.05, 0) is 24.3 Å². The van der Waals surface area contributed by atoms with E-state index in [1.165, 1.54) is 0 Å². The van der Waals surface area contributed by atoms with Gasteiger partial charge in [-0.1, -0.05) is 12.1 Å². The zero-order chi connectivity index (χ0) is 11.8. The smallest absolute Gasteiger partial charge is 0.310 e. The molecule has 5 heteroatoms. The molecule has 0 saturated heterocycles. The first kappa shape index (κ1) is 12.2. The van der Waals surface area contributed by atoms with Crippen molar-refractivity contribution in [3.8, 4) is 11.5 Å². The lowest BCUT2D eigenvalue weighted by Gasteiger charge is -2.05. The number of rotatable bonds is 6. The van der Waals surface area contributed by atoms with Crippen LogP contribution in [0.1, 0.15) is 13.3 Å². The molecule has 86 valence electrons. The summed E-state index contributed by atoms with van der Waals surface area (Å²) in [4.78, 5) is 20.8. The van der Waals surface area contributed by atoms with Crippen LogP contribution in [0.4, 0.5) is 0 Å². The summed E-state index contributed by atoms with van der Waals surface area (Å²) in [5.41, 5.74) is 0. The average Bonchev–Trinajstić information content (AvgIpc) is 2.31. The molecule has 0 radical (unpaired) electrons. The number of nitrogens with zero attached hydrogens (tertiary/aromatic N) is 1. The minimum Gasteiger partial charge on any atom is -0.492 e. The van der Waals surface area contributed by atoms with Crippen molar-refractivity contribution in [2.75, 3.05) is 13.2 Å². The summed E-state index contributed by atoms with van der Waals surface area (Å²) in [6, 6.07) is 6.61. The van der Waals surface area contributed by atoms with Crippen molar-refractivity contribution in [3.63, 3.8) is 0 Å². The molecule has 1 aromatic carbocycles. The van der Waals surface area contributed by atoms with Crippen LogP contribution in [0.25, 0.3) is 0 Å². The van der Waals surface area contributed by atoms with Gasteiger partial charge < -0.3 is 9.47 Å². The molecule has 0 unspecified atom stereocenters. The second-order valence-electron chi connectivity index (χ2n) is 3.00. The molecule has 0 aromatic heterocycles. The molecule has 0 fully saturated rings. The van der Waals surface area contributed by atoms with E-state index in [-0.39, 0.29) is 19.1 Å². The van der Waals surface area contributed by atoms with Crippen LogP contribution in [0.5, 0.6) is 11.5 Å². The molecule has 0 amide bonds. The van der Waals surface area contributed by atoms with E-state index in [1.807, 2.05) is 0 Å². The molecule has 0 N–H and O–H groups in total. The molecule has 5 nitrogen and oxygen atoms in total. The minimum atomic E-state index is -0.279. The Kier molecular flexibility index (Phi) is 4.98. The van der Waals surface area contributed by atoms with Gasteiger partial charge in [0.2, 0.25) is 0 Å². The molecule has 1 aromatic rings. The Balaban J connectivity index is 2.47. The second-order valence-corrected chi connectivity index (χ2v) is 3.00. The normalized spacial score (nSPS) is 9.56. The zero-order valence-corrected chi connectivity index (χ0v) is 9.01. The molecule has 0 aliphatic rings. The van der Waals surface area contributed by atoms with E-state index in [1.54, 1.807) is 31.2 Å². The highest BCUT2D eigenvalue weighted by Gasteiger charge is 2.01. The van der Waals surface area contributed by atoms with Crippen LogP contribution in [0, 0.1) is 4.91 Å². The summed E-state index contributed by atoms with van der Waals surface area (Å²) in [6.07, 6.45) is 0.337. The third-order valence-corrected chi connectivity index (χ3v) is 1.80. The van der Waals surface area contributed by atoms with Gasteiger partial charge in [0.1, 0.15) is 24.7 Å². The average molecular weight is 223 g/mol. The number of hydrogen-bond acceptors (Lipinski definition) is 5. The van der Waals surface area contributed by atoms with Gasteiger partial charge in [-0.15, -0.1) is 0 Å². The monoisotopic (exact) mass is 223 g/mol. The number of nitroso groups, excluding NO2 is 1. The van der Waals surface area contributed by atoms with Crippen molar-refractivity contribution < 1.29 is 14.3 Å². The van der Waals surface area contributed by atoms with Gasteiger partial charge in [0, 0.05) is 6.42 Å². The molecule has 0 aliphatic carbocycles. The molecule has 0 spiro atoms. The van der Waals surface area contributed by atoms with Gasteiger partial charge in [-0.3, -0.25) is 4.79 Å².